The fourth-order valence-corrected chi connectivity index (χ4v) is 4.38. The predicted octanol–water partition coefficient (Wildman–Crippen LogP) is 5.41. The first-order chi connectivity index (χ1) is 16.3. The molecule has 1 aliphatic heterocycles. The minimum atomic E-state index is -0.629. The van der Waals surface area contributed by atoms with Crippen LogP contribution in [-0.4, -0.2) is 35.8 Å². The summed E-state index contributed by atoms with van der Waals surface area (Å²) in [6.45, 7) is 4.17. The summed E-state index contributed by atoms with van der Waals surface area (Å²) in [5.74, 6) is -0.901. The Morgan fingerprint density at radius 3 is 2.35 bits per heavy atom. The smallest absolute Gasteiger partial charge is 0.328 e. The van der Waals surface area contributed by atoms with E-state index in [1.54, 1.807) is 29.2 Å². The van der Waals surface area contributed by atoms with Gasteiger partial charge in [-0.1, -0.05) is 55.8 Å². The molecule has 0 aliphatic carbocycles. The van der Waals surface area contributed by atoms with Crippen molar-refractivity contribution in [1.29, 1.82) is 0 Å². The van der Waals surface area contributed by atoms with E-state index in [9.17, 15) is 14.4 Å². The van der Waals surface area contributed by atoms with Crippen LogP contribution in [0.15, 0.2) is 66.7 Å². The number of methoxy groups -OCH3 is 1. The quantitative estimate of drug-likeness (QED) is 0.482. The van der Waals surface area contributed by atoms with E-state index in [0.717, 1.165) is 16.7 Å². The highest BCUT2D eigenvalue weighted by Gasteiger charge is 2.38. The maximum atomic E-state index is 13.1. The molecule has 3 aromatic rings. The molecule has 1 aliphatic rings. The van der Waals surface area contributed by atoms with Crippen molar-refractivity contribution in [2.45, 2.75) is 26.4 Å². The van der Waals surface area contributed by atoms with Gasteiger partial charge in [0.1, 0.15) is 6.04 Å². The number of benzene rings is 3. The number of amides is 2. The lowest BCUT2D eigenvalue weighted by atomic mass is 10.00. The third-order valence-corrected chi connectivity index (χ3v) is 6.15. The number of hydrogen-bond donors (Lipinski definition) is 1. The van der Waals surface area contributed by atoms with E-state index in [4.69, 9.17) is 16.3 Å². The van der Waals surface area contributed by atoms with Crippen molar-refractivity contribution in [1.82, 2.24) is 4.90 Å². The first kappa shape index (κ1) is 23.5. The van der Waals surface area contributed by atoms with Gasteiger partial charge in [0, 0.05) is 28.4 Å². The molecule has 0 spiro atoms. The molecule has 2 amide bonds. The minimum absolute atomic E-state index is 0.0696. The second kappa shape index (κ2) is 9.69. The summed E-state index contributed by atoms with van der Waals surface area (Å²) in [5, 5.41) is 3.35. The van der Waals surface area contributed by atoms with Gasteiger partial charge in [0.05, 0.1) is 7.11 Å². The van der Waals surface area contributed by atoms with Crippen LogP contribution in [0.25, 0.3) is 11.1 Å². The number of carbonyl (C=O) groups excluding carboxylic acids is 3. The maximum Gasteiger partial charge on any atom is 0.328 e. The molecule has 0 radical (unpaired) electrons. The second-order valence-corrected chi connectivity index (χ2v) is 9.00. The van der Waals surface area contributed by atoms with Crippen LogP contribution >= 0.6 is 11.6 Å². The summed E-state index contributed by atoms with van der Waals surface area (Å²) in [6.07, 6.45) is 0. The van der Waals surface area contributed by atoms with Crippen LogP contribution in [0.2, 0.25) is 5.02 Å². The molecule has 0 saturated carbocycles. The number of nitrogens with zero attached hydrogens (tertiary/aromatic N) is 1. The number of anilines is 1. The van der Waals surface area contributed by atoms with Crippen LogP contribution < -0.4 is 5.32 Å². The zero-order valence-electron chi connectivity index (χ0n) is 19.2. The van der Waals surface area contributed by atoms with Crippen molar-refractivity contribution < 1.29 is 19.1 Å². The molecule has 7 heteroatoms. The van der Waals surface area contributed by atoms with Gasteiger partial charge >= 0.3 is 5.97 Å². The molecule has 4 rings (SSSR count). The number of rotatable bonds is 6. The molecule has 3 aromatic carbocycles. The third kappa shape index (κ3) is 4.68. The first-order valence-corrected chi connectivity index (χ1v) is 11.4. The molecule has 0 fully saturated rings. The average Bonchev–Trinajstić information content (AvgIpc) is 3.14. The molecule has 34 heavy (non-hydrogen) atoms. The van der Waals surface area contributed by atoms with E-state index in [-0.39, 0.29) is 17.7 Å². The first-order valence-electron chi connectivity index (χ1n) is 11.0. The van der Waals surface area contributed by atoms with Crippen LogP contribution in [0, 0.1) is 5.92 Å². The van der Waals surface area contributed by atoms with Crippen molar-refractivity contribution in [2.75, 3.05) is 12.4 Å². The fraction of sp³-hybridized carbons (Fsp3) is 0.222. The Hall–Kier alpha value is -3.64. The Labute approximate surface area is 203 Å². The number of esters is 1. The maximum absolute atomic E-state index is 13.1. The topological polar surface area (TPSA) is 75.7 Å². The zero-order valence-corrected chi connectivity index (χ0v) is 19.9. The van der Waals surface area contributed by atoms with E-state index in [0.29, 0.717) is 28.4 Å². The Bertz CT molecular complexity index is 1250. The van der Waals surface area contributed by atoms with Crippen molar-refractivity contribution in [3.8, 4) is 11.1 Å². The van der Waals surface area contributed by atoms with Gasteiger partial charge in [-0.3, -0.25) is 9.59 Å². The highest BCUT2D eigenvalue weighted by molar-refractivity contribution is 6.31. The molecule has 0 aromatic heterocycles. The van der Waals surface area contributed by atoms with Crippen LogP contribution in [-0.2, 0) is 16.1 Å². The molecule has 6 nitrogen and oxygen atoms in total. The molecule has 0 bridgehead atoms. The zero-order chi connectivity index (χ0) is 24.4. The number of fused-ring (bicyclic) bond motifs is 1. The molecular formula is C27H25ClN2O4. The van der Waals surface area contributed by atoms with Crippen molar-refractivity contribution in [2.24, 2.45) is 5.92 Å². The van der Waals surface area contributed by atoms with Crippen molar-refractivity contribution >= 4 is 35.1 Å². The Morgan fingerprint density at radius 1 is 1.00 bits per heavy atom. The number of nitrogens with one attached hydrogen (secondary N) is 1. The van der Waals surface area contributed by atoms with Crippen LogP contribution in [0.1, 0.15) is 40.1 Å². The lowest BCUT2D eigenvalue weighted by molar-refractivity contribution is -0.147. The van der Waals surface area contributed by atoms with Gasteiger partial charge in [0.2, 0.25) is 0 Å². The molecule has 1 unspecified atom stereocenters. The third-order valence-electron chi connectivity index (χ3n) is 5.91. The van der Waals surface area contributed by atoms with Crippen molar-refractivity contribution in [3.63, 3.8) is 0 Å². The van der Waals surface area contributed by atoms with Gasteiger partial charge in [0.15, 0.2) is 0 Å². The average molecular weight is 477 g/mol. The molecule has 1 atom stereocenters. The Kier molecular flexibility index (Phi) is 6.70. The lowest BCUT2D eigenvalue weighted by Crippen LogP contribution is -2.45. The Balaban J connectivity index is 1.52. The number of carbonyl (C=O) groups is 3. The summed E-state index contributed by atoms with van der Waals surface area (Å²) in [7, 11) is 1.34. The number of halogens is 1. The van der Waals surface area contributed by atoms with E-state index in [2.05, 4.69) is 5.32 Å². The predicted molar refractivity (Wildman–Crippen MR) is 132 cm³/mol. The van der Waals surface area contributed by atoms with Gasteiger partial charge in [-0.2, -0.15) is 0 Å². The van der Waals surface area contributed by atoms with Gasteiger partial charge in [0.25, 0.3) is 11.8 Å². The summed E-state index contributed by atoms with van der Waals surface area (Å²) >= 11 is 5.97. The molecule has 1 N–H and O–H groups in total. The summed E-state index contributed by atoms with van der Waals surface area (Å²) in [5.41, 5.74) is 4.38. The normalized spacial score (nSPS) is 13.6. The summed E-state index contributed by atoms with van der Waals surface area (Å²) in [6, 6.07) is 19.2. The fourth-order valence-electron chi connectivity index (χ4n) is 4.19. The summed E-state index contributed by atoms with van der Waals surface area (Å²) < 4.78 is 4.93. The standard InChI is InChI=1S/C27H25ClN2O4/c1-16(2)24(27(33)34-3)30-15-20-8-7-18(14-23(20)26(30)32)17-9-11-22(12-10-17)29-25(31)19-5-4-6-21(28)13-19/h4-14,16,24H,15H2,1-3H3,(H,29,31). The van der Waals surface area contributed by atoms with E-state index in [1.807, 2.05) is 56.3 Å². The number of hydrogen-bond acceptors (Lipinski definition) is 4. The van der Waals surface area contributed by atoms with Crippen molar-refractivity contribution in [3.05, 3.63) is 88.4 Å². The SMILES string of the molecule is COC(=O)C(C(C)C)N1Cc2ccc(-c3ccc(NC(=O)c4cccc(Cl)c4)cc3)cc2C1=O. The Morgan fingerprint density at radius 2 is 1.71 bits per heavy atom. The van der Waals surface area contributed by atoms with Gasteiger partial charge in [-0.25, -0.2) is 4.79 Å². The van der Waals surface area contributed by atoms with E-state index < -0.39 is 12.0 Å². The van der Waals surface area contributed by atoms with Gasteiger partial charge < -0.3 is 15.0 Å². The molecular weight excluding hydrogens is 452 g/mol. The van der Waals surface area contributed by atoms with Gasteiger partial charge in [-0.15, -0.1) is 0 Å². The van der Waals surface area contributed by atoms with E-state index >= 15 is 0 Å². The minimum Gasteiger partial charge on any atom is -0.467 e. The highest BCUT2D eigenvalue weighted by atomic mass is 35.5. The van der Waals surface area contributed by atoms with Crippen LogP contribution in [0.5, 0.6) is 0 Å². The number of ether oxygens (including phenoxy) is 1. The largest absolute Gasteiger partial charge is 0.467 e. The van der Waals surface area contributed by atoms with E-state index in [1.165, 1.54) is 7.11 Å². The monoisotopic (exact) mass is 476 g/mol. The molecule has 174 valence electrons. The molecule has 0 saturated heterocycles. The summed E-state index contributed by atoms with van der Waals surface area (Å²) in [4.78, 5) is 39.5. The lowest BCUT2D eigenvalue weighted by Gasteiger charge is -2.28. The van der Waals surface area contributed by atoms with Gasteiger partial charge in [-0.05, 0) is 59.0 Å². The highest BCUT2D eigenvalue weighted by Crippen LogP contribution is 2.32. The van der Waals surface area contributed by atoms with Crippen LogP contribution in [0.4, 0.5) is 5.69 Å². The van der Waals surface area contributed by atoms with Crippen LogP contribution in [0.3, 0.4) is 0 Å². The molecule has 1 heterocycles. The second-order valence-electron chi connectivity index (χ2n) is 8.56.